The minimum atomic E-state index is -0.417. The second-order valence-electron chi connectivity index (χ2n) is 4.37. The minimum Gasteiger partial charge on any atom is -0.460 e. The molecule has 0 aliphatic carbocycles. The van der Waals surface area contributed by atoms with Crippen LogP contribution in [0.2, 0.25) is 0 Å². The molecule has 0 radical (unpaired) electrons. The molecule has 0 aliphatic rings. The molecule has 0 aliphatic heterocycles. The van der Waals surface area contributed by atoms with Crippen molar-refractivity contribution in [3.8, 4) is 0 Å². The first-order valence-corrected chi connectivity index (χ1v) is 4.91. The summed E-state index contributed by atoms with van der Waals surface area (Å²) >= 11 is 0. The van der Waals surface area contributed by atoms with Gasteiger partial charge in [0.05, 0.1) is 13.0 Å². The molecule has 14 heavy (non-hydrogen) atoms. The Morgan fingerprint density at radius 3 is 2.50 bits per heavy atom. The molecule has 0 aromatic rings. The van der Waals surface area contributed by atoms with Crippen LogP contribution < -0.4 is 5.32 Å². The Kier molecular flexibility index (Phi) is 5.72. The Labute approximate surface area is 85.6 Å². The summed E-state index contributed by atoms with van der Waals surface area (Å²) < 4.78 is 5.11. The average Bonchev–Trinajstić information content (AvgIpc) is 2.00. The molecule has 84 valence electrons. The molecule has 0 amide bonds. The van der Waals surface area contributed by atoms with Gasteiger partial charge in [0.15, 0.2) is 0 Å². The van der Waals surface area contributed by atoms with Crippen LogP contribution in [-0.2, 0) is 9.53 Å². The van der Waals surface area contributed by atoms with Gasteiger partial charge in [-0.3, -0.25) is 4.79 Å². The van der Waals surface area contributed by atoms with Crippen molar-refractivity contribution in [2.75, 3.05) is 13.2 Å². The van der Waals surface area contributed by atoms with E-state index in [1.807, 2.05) is 27.7 Å². The van der Waals surface area contributed by atoms with Crippen molar-refractivity contribution >= 4 is 5.97 Å². The van der Waals surface area contributed by atoms with E-state index in [9.17, 15) is 4.79 Å². The number of rotatable bonds is 5. The molecule has 0 saturated heterocycles. The third kappa shape index (κ3) is 8.01. The van der Waals surface area contributed by atoms with Crippen LogP contribution >= 0.6 is 0 Å². The molecule has 0 heterocycles. The predicted octanol–water partition coefficient (Wildman–Crippen LogP) is 0.689. The minimum absolute atomic E-state index is 0.0254. The summed E-state index contributed by atoms with van der Waals surface area (Å²) in [6, 6.07) is 0.0254. The first-order chi connectivity index (χ1) is 6.35. The summed E-state index contributed by atoms with van der Waals surface area (Å²) in [5.74, 6) is -0.213. The van der Waals surface area contributed by atoms with Gasteiger partial charge in [0.1, 0.15) is 5.60 Å². The summed E-state index contributed by atoms with van der Waals surface area (Å²) in [7, 11) is 0. The number of esters is 1. The highest BCUT2D eigenvalue weighted by molar-refractivity contribution is 5.70. The molecule has 0 spiro atoms. The van der Waals surface area contributed by atoms with Gasteiger partial charge in [0, 0.05) is 12.6 Å². The van der Waals surface area contributed by atoms with Crippen molar-refractivity contribution in [2.45, 2.75) is 45.8 Å². The molecular formula is C10H21NO3. The second kappa shape index (κ2) is 5.98. The zero-order valence-corrected chi connectivity index (χ0v) is 9.46. The number of carbonyl (C=O) groups is 1. The van der Waals surface area contributed by atoms with E-state index >= 15 is 0 Å². The van der Waals surface area contributed by atoms with E-state index in [0.717, 1.165) is 0 Å². The third-order valence-electron chi connectivity index (χ3n) is 1.52. The first-order valence-electron chi connectivity index (χ1n) is 4.91. The van der Waals surface area contributed by atoms with Crippen LogP contribution in [0.3, 0.4) is 0 Å². The summed E-state index contributed by atoms with van der Waals surface area (Å²) in [6.07, 6.45) is 0.335. The van der Waals surface area contributed by atoms with Crippen molar-refractivity contribution in [3.05, 3.63) is 0 Å². The topological polar surface area (TPSA) is 58.6 Å². The van der Waals surface area contributed by atoms with Gasteiger partial charge in [-0.25, -0.2) is 0 Å². The molecule has 0 bridgehead atoms. The number of hydrogen-bond acceptors (Lipinski definition) is 4. The van der Waals surface area contributed by atoms with Gasteiger partial charge < -0.3 is 15.2 Å². The van der Waals surface area contributed by atoms with E-state index < -0.39 is 5.60 Å². The summed E-state index contributed by atoms with van der Waals surface area (Å²) in [5.41, 5.74) is -0.417. The number of aliphatic hydroxyl groups excluding tert-OH is 1. The van der Waals surface area contributed by atoms with Gasteiger partial charge >= 0.3 is 5.97 Å². The average molecular weight is 203 g/mol. The molecular weight excluding hydrogens is 182 g/mol. The normalized spacial score (nSPS) is 13.8. The zero-order valence-electron chi connectivity index (χ0n) is 9.46. The predicted molar refractivity (Wildman–Crippen MR) is 55.0 cm³/mol. The molecule has 1 atom stereocenters. The lowest BCUT2D eigenvalue weighted by Crippen LogP contribution is -2.32. The van der Waals surface area contributed by atoms with Crippen LogP contribution in [0, 0.1) is 0 Å². The number of nitrogens with one attached hydrogen (secondary N) is 1. The van der Waals surface area contributed by atoms with Crippen LogP contribution in [0.4, 0.5) is 0 Å². The molecule has 0 saturated carbocycles. The largest absolute Gasteiger partial charge is 0.460 e. The van der Waals surface area contributed by atoms with Gasteiger partial charge in [-0.15, -0.1) is 0 Å². The lowest BCUT2D eigenvalue weighted by molar-refractivity contribution is -0.154. The monoisotopic (exact) mass is 203 g/mol. The van der Waals surface area contributed by atoms with Crippen LogP contribution in [0.25, 0.3) is 0 Å². The molecule has 0 rings (SSSR count). The Hall–Kier alpha value is -0.610. The molecule has 2 N–H and O–H groups in total. The Balaban J connectivity index is 3.55. The van der Waals surface area contributed by atoms with Gasteiger partial charge in [-0.2, -0.15) is 0 Å². The lowest BCUT2D eigenvalue weighted by atomic mass is 10.2. The fourth-order valence-electron chi connectivity index (χ4n) is 0.878. The number of ether oxygens (including phenoxy) is 1. The van der Waals surface area contributed by atoms with E-state index in [1.54, 1.807) is 0 Å². The fourth-order valence-corrected chi connectivity index (χ4v) is 0.878. The van der Waals surface area contributed by atoms with Gasteiger partial charge in [0.25, 0.3) is 0 Å². The maximum absolute atomic E-state index is 11.2. The van der Waals surface area contributed by atoms with E-state index in [-0.39, 0.29) is 18.6 Å². The molecule has 4 nitrogen and oxygen atoms in total. The molecule has 0 aromatic carbocycles. The highest BCUT2D eigenvalue weighted by atomic mass is 16.6. The smallest absolute Gasteiger partial charge is 0.307 e. The van der Waals surface area contributed by atoms with Crippen LogP contribution in [0.1, 0.15) is 34.1 Å². The van der Waals surface area contributed by atoms with Crippen LogP contribution in [0.5, 0.6) is 0 Å². The highest BCUT2D eigenvalue weighted by Crippen LogP contribution is 2.07. The Morgan fingerprint density at radius 1 is 1.50 bits per heavy atom. The van der Waals surface area contributed by atoms with Crippen molar-refractivity contribution in [1.82, 2.24) is 5.32 Å². The Morgan fingerprint density at radius 2 is 2.07 bits per heavy atom. The Bertz CT molecular complexity index is 175. The second-order valence-corrected chi connectivity index (χ2v) is 4.37. The van der Waals surface area contributed by atoms with Crippen molar-refractivity contribution < 1.29 is 14.6 Å². The first kappa shape index (κ1) is 13.4. The molecule has 4 heteroatoms. The maximum atomic E-state index is 11.2. The summed E-state index contributed by atoms with van der Waals surface area (Å²) in [6.45, 7) is 8.00. The zero-order chi connectivity index (χ0) is 11.2. The fraction of sp³-hybridized carbons (Fsp3) is 0.900. The van der Waals surface area contributed by atoms with Crippen molar-refractivity contribution in [1.29, 1.82) is 0 Å². The number of aliphatic hydroxyl groups is 1. The van der Waals surface area contributed by atoms with Crippen LogP contribution in [0.15, 0.2) is 0 Å². The maximum Gasteiger partial charge on any atom is 0.307 e. The summed E-state index contributed by atoms with van der Waals surface area (Å²) in [5, 5.41) is 11.7. The third-order valence-corrected chi connectivity index (χ3v) is 1.52. The van der Waals surface area contributed by atoms with Crippen molar-refractivity contribution in [2.24, 2.45) is 0 Å². The lowest BCUT2D eigenvalue weighted by Gasteiger charge is -2.19. The summed E-state index contributed by atoms with van der Waals surface area (Å²) in [4.78, 5) is 11.2. The van der Waals surface area contributed by atoms with E-state index in [2.05, 4.69) is 5.32 Å². The van der Waals surface area contributed by atoms with Gasteiger partial charge in [0.2, 0.25) is 0 Å². The van der Waals surface area contributed by atoms with Crippen LogP contribution in [-0.4, -0.2) is 35.9 Å². The van der Waals surface area contributed by atoms with Gasteiger partial charge in [-0.05, 0) is 27.7 Å². The van der Waals surface area contributed by atoms with Crippen molar-refractivity contribution in [3.63, 3.8) is 0 Å². The standard InChI is InChI=1S/C10H21NO3/c1-8(7-12)11-6-5-9(13)14-10(2,3)4/h8,11-12H,5-7H2,1-4H3. The van der Waals surface area contributed by atoms with E-state index in [0.29, 0.717) is 13.0 Å². The van der Waals surface area contributed by atoms with E-state index in [1.165, 1.54) is 0 Å². The number of carbonyl (C=O) groups excluding carboxylic acids is 1. The SMILES string of the molecule is CC(CO)NCCC(=O)OC(C)(C)C. The number of hydrogen-bond donors (Lipinski definition) is 2. The van der Waals surface area contributed by atoms with Gasteiger partial charge in [-0.1, -0.05) is 0 Å². The highest BCUT2D eigenvalue weighted by Gasteiger charge is 2.15. The molecule has 0 fully saturated rings. The van der Waals surface area contributed by atoms with E-state index in [4.69, 9.17) is 9.84 Å². The quantitative estimate of drug-likeness (QED) is 0.645. The molecule has 1 unspecified atom stereocenters. The molecule has 0 aromatic heterocycles.